The van der Waals surface area contributed by atoms with Crippen molar-refractivity contribution in [1.82, 2.24) is 4.98 Å². The maximum Gasteiger partial charge on any atom is 0.197 e. The van der Waals surface area contributed by atoms with Crippen molar-refractivity contribution < 1.29 is 4.74 Å². The number of hydrogen-bond acceptors (Lipinski definition) is 2. The Balaban J connectivity index is 2.29. The first-order valence-corrected chi connectivity index (χ1v) is 7.83. The summed E-state index contributed by atoms with van der Waals surface area (Å²) in [5.41, 5.74) is 2.22. The van der Waals surface area contributed by atoms with Crippen molar-refractivity contribution in [3.05, 3.63) is 61.8 Å². The van der Waals surface area contributed by atoms with Crippen LogP contribution in [0.5, 0.6) is 5.75 Å². The van der Waals surface area contributed by atoms with Crippen LogP contribution in [0.3, 0.4) is 0 Å². The van der Waals surface area contributed by atoms with E-state index in [0.717, 1.165) is 25.8 Å². The Hall–Kier alpha value is -1.59. The number of H-pyrrole nitrogens is 1. The van der Waals surface area contributed by atoms with Crippen LogP contribution in [0.25, 0.3) is 22.0 Å². The lowest BCUT2D eigenvalue weighted by Gasteiger charge is -2.07. The average Bonchev–Trinajstić information content (AvgIpc) is 2.48. The molecule has 0 atom stereocenters. The van der Waals surface area contributed by atoms with Crippen molar-refractivity contribution in [2.45, 2.75) is 0 Å². The van der Waals surface area contributed by atoms with Gasteiger partial charge in [-0.25, -0.2) is 0 Å². The molecule has 1 heterocycles. The van der Waals surface area contributed by atoms with Gasteiger partial charge in [0.15, 0.2) is 5.43 Å². The Morgan fingerprint density at radius 1 is 1.14 bits per heavy atom. The maximum absolute atomic E-state index is 12.7. The second kappa shape index (κ2) is 5.66. The first-order valence-electron chi connectivity index (χ1n) is 6.25. The van der Waals surface area contributed by atoms with Gasteiger partial charge in [-0.15, -0.1) is 0 Å². The molecular weight excluding hydrogens is 398 g/mol. The van der Waals surface area contributed by atoms with Crippen molar-refractivity contribution in [1.29, 1.82) is 0 Å². The Morgan fingerprint density at radius 3 is 2.71 bits per heavy atom. The predicted octanol–water partition coefficient (Wildman–Crippen LogP) is 4.73. The number of halogens is 2. The number of hydrogen-bond donors (Lipinski definition) is 1. The van der Waals surface area contributed by atoms with Gasteiger partial charge in [0.05, 0.1) is 12.6 Å². The number of pyridine rings is 1. The van der Waals surface area contributed by atoms with Crippen molar-refractivity contribution in [3.8, 4) is 16.9 Å². The lowest BCUT2D eigenvalue weighted by molar-refractivity contribution is 0.415. The summed E-state index contributed by atoms with van der Waals surface area (Å²) in [6.07, 6.45) is 1.73. The van der Waals surface area contributed by atoms with Crippen LogP contribution in [0, 0.1) is 0 Å². The fourth-order valence-corrected chi connectivity index (χ4v) is 3.60. The molecule has 1 N–H and O–H groups in total. The zero-order valence-electron chi connectivity index (χ0n) is 11.1. The molecule has 0 aliphatic heterocycles. The highest BCUT2D eigenvalue weighted by atomic mass is 79.9. The van der Waals surface area contributed by atoms with Gasteiger partial charge in [0.2, 0.25) is 0 Å². The molecule has 5 heteroatoms. The van der Waals surface area contributed by atoms with Crippen molar-refractivity contribution in [3.63, 3.8) is 0 Å². The number of aromatic nitrogens is 1. The molecule has 0 fully saturated rings. The van der Waals surface area contributed by atoms with Crippen molar-refractivity contribution in [2.75, 3.05) is 7.11 Å². The van der Waals surface area contributed by atoms with Gasteiger partial charge in [-0.05, 0) is 45.8 Å². The highest BCUT2D eigenvalue weighted by molar-refractivity contribution is 9.11. The molecule has 0 aliphatic rings. The number of nitrogens with one attached hydrogen (secondary N) is 1. The second-order valence-electron chi connectivity index (χ2n) is 4.57. The van der Waals surface area contributed by atoms with E-state index in [4.69, 9.17) is 4.74 Å². The minimum absolute atomic E-state index is 0.0148. The van der Waals surface area contributed by atoms with Gasteiger partial charge in [0.25, 0.3) is 0 Å². The fraction of sp³-hybridized carbons (Fsp3) is 0.0625. The summed E-state index contributed by atoms with van der Waals surface area (Å²) >= 11 is 6.88. The molecule has 106 valence electrons. The summed E-state index contributed by atoms with van der Waals surface area (Å²) < 4.78 is 6.92. The van der Waals surface area contributed by atoms with E-state index in [1.807, 2.05) is 36.4 Å². The minimum Gasteiger partial charge on any atom is -0.497 e. The molecule has 0 saturated carbocycles. The van der Waals surface area contributed by atoms with Crippen LogP contribution >= 0.6 is 31.9 Å². The zero-order valence-corrected chi connectivity index (χ0v) is 14.3. The summed E-state index contributed by atoms with van der Waals surface area (Å²) in [6.45, 7) is 0. The lowest BCUT2D eigenvalue weighted by atomic mass is 10.0. The van der Waals surface area contributed by atoms with Crippen LogP contribution in [-0.4, -0.2) is 12.1 Å². The third-order valence-corrected chi connectivity index (χ3v) is 4.37. The highest BCUT2D eigenvalue weighted by Crippen LogP contribution is 2.28. The molecule has 0 spiro atoms. The molecule has 0 saturated heterocycles. The van der Waals surface area contributed by atoms with E-state index in [9.17, 15) is 4.79 Å². The number of benzene rings is 2. The second-order valence-corrected chi connectivity index (χ2v) is 6.34. The van der Waals surface area contributed by atoms with E-state index in [-0.39, 0.29) is 5.43 Å². The van der Waals surface area contributed by atoms with E-state index in [2.05, 4.69) is 36.8 Å². The van der Waals surface area contributed by atoms with Crippen LogP contribution in [-0.2, 0) is 0 Å². The molecule has 0 bridgehead atoms. The van der Waals surface area contributed by atoms with Crippen LogP contribution in [0.2, 0.25) is 0 Å². The third kappa shape index (κ3) is 2.63. The number of ether oxygens (including phenoxy) is 1. The van der Waals surface area contributed by atoms with Crippen molar-refractivity contribution >= 4 is 42.8 Å². The van der Waals surface area contributed by atoms with Gasteiger partial charge in [0.1, 0.15) is 5.75 Å². The van der Waals surface area contributed by atoms with Crippen LogP contribution in [0.4, 0.5) is 0 Å². The van der Waals surface area contributed by atoms with E-state index in [0.29, 0.717) is 10.9 Å². The Kier molecular flexibility index (Phi) is 3.87. The van der Waals surface area contributed by atoms with Gasteiger partial charge in [0, 0.05) is 26.1 Å². The molecule has 3 aromatic rings. The molecule has 0 amide bonds. The number of fused-ring (bicyclic) bond motifs is 1. The third-order valence-electron chi connectivity index (χ3n) is 3.29. The first kappa shape index (κ1) is 14.4. The maximum atomic E-state index is 12.7. The molecule has 2 aromatic carbocycles. The van der Waals surface area contributed by atoms with Crippen LogP contribution in [0.15, 0.2) is 56.3 Å². The van der Waals surface area contributed by atoms with Gasteiger partial charge in [-0.3, -0.25) is 4.79 Å². The minimum atomic E-state index is -0.0148. The van der Waals surface area contributed by atoms with Gasteiger partial charge < -0.3 is 9.72 Å². The monoisotopic (exact) mass is 407 g/mol. The molecule has 0 radical (unpaired) electrons. The Morgan fingerprint density at radius 2 is 1.95 bits per heavy atom. The molecule has 21 heavy (non-hydrogen) atoms. The zero-order chi connectivity index (χ0) is 15.0. The number of rotatable bonds is 2. The van der Waals surface area contributed by atoms with Gasteiger partial charge in [-0.1, -0.05) is 28.1 Å². The molecule has 3 rings (SSSR count). The topological polar surface area (TPSA) is 42.1 Å². The van der Waals surface area contributed by atoms with E-state index in [1.54, 1.807) is 13.3 Å². The summed E-state index contributed by atoms with van der Waals surface area (Å²) in [4.78, 5) is 15.9. The standard InChI is InChI=1S/C16H11Br2NO2/c1-21-11-4-2-3-9(5-11)13-8-19-15-12(16(13)20)6-10(17)7-14(15)18/h2-8H,1H3,(H,19,20). The summed E-state index contributed by atoms with van der Waals surface area (Å²) in [5.74, 6) is 0.724. The molecule has 3 nitrogen and oxygen atoms in total. The van der Waals surface area contributed by atoms with Crippen LogP contribution < -0.4 is 10.2 Å². The van der Waals surface area contributed by atoms with E-state index >= 15 is 0 Å². The summed E-state index contributed by atoms with van der Waals surface area (Å²) in [6, 6.07) is 11.2. The van der Waals surface area contributed by atoms with Crippen LogP contribution in [0.1, 0.15) is 0 Å². The molecule has 1 aromatic heterocycles. The predicted molar refractivity (Wildman–Crippen MR) is 92.0 cm³/mol. The first-order chi connectivity index (χ1) is 10.1. The summed E-state index contributed by atoms with van der Waals surface area (Å²) in [7, 11) is 1.61. The molecule has 0 aliphatic carbocycles. The normalized spacial score (nSPS) is 10.8. The largest absolute Gasteiger partial charge is 0.497 e. The number of aromatic amines is 1. The quantitative estimate of drug-likeness (QED) is 0.666. The van der Waals surface area contributed by atoms with E-state index in [1.165, 1.54) is 0 Å². The molecule has 0 unspecified atom stereocenters. The number of methoxy groups -OCH3 is 1. The Bertz CT molecular complexity index is 887. The lowest BCUT2D eigenvalue weighted by Crippen LogP contribution is -2.06. The molecular formula is C16H11Br2NO2. The van der Waals surface area contributed by atoms with Gasteiger partial charge in [-0.2, -0.15) is 0 Å². The summed E-state index contributed by atoms with van der Waals surface area (Å²) in [5, 5.41) is 0.636. The fourth-order valence-electron chi connectivity index (χ4n) is 2.26. The highest BCUT2D eigenvalue weighted by Gasteiger charge is 2.10. The Labute approximate surface area is 138 Å². The average molecular weight is 409 g/mol. The smallest absolute Gasteiger partial charge is 0.197 e. The SMILES string of the molecule is COc1cccc(-c2c[nH]c3c(Br)cc(Br)cc3c2=O)c1. The van der Waals surface area contributed by atoms with Crippen molar-refractivity contribution in [2.24, 2.45) is 0 Å². The van der Waals surface area contributed by atoms with E-state index < -0.39 is 0 Å². The van der Waals surface area contributed by atoms with Gasteiger partial charge >= 0.3 is 0 Å².